The van der Waals surface area contributed by atoms with Gasteiger partial charge in [-0.25, -0.2) is 0 Å². The number of hydrogen-bond donors (Lipinski definition) is 2. The van der Waals surface area contributed by atoms with E-state index in [2.05, 4.69) is 16.6 Å². The van der Waals surface area contributed by atoms with E-state index in [1.54, 1.807) is 48.5 Å². The fourth-order valence-electron chi connectivity index (χ4n) is 1.82. The number of alkyl halides is 1. The molecule has 0 aliphatic heterocycles. The Morgan fingerprint density at radius 3 is 2.41 bits per heavy atom. The van der Waals surface area contributed by atoms with Crippen molar-refractivity contribution in [3.63, 3.8) is 0 Å². The molecule has 0 aliphatic rings. The monoisotopic (exact) mass is 312 g/mol. The zero-order valence-electron chi connectivity index (χ0n) is 11.6. The van der Waals surface area contributed by atoms with Gasteiger partial charge in [-0.1, -0.05) is 18.1 Å². The Hall–Kier alpha value is -2.77. The number of rotatable bonds is 4. The Labute approximate surface area is 133 Å². The van der Waals surface area contributed by atoms with E-state index >= 15 is 0 Å². The Bertz CT molecular complexity index is 750. The molecule has 0 saturated heterocycles. The molecule has 2 aromatic carbocycles. The van der Waals surface area contributed by atoms with Crippen molar-refractivity contribution in [2.24, 2.45) is 0 Å². The number of carbonyl (C=O) groups excluding carboxylic acids is 2. The van der Waals surface area contributed by atoms with Gasteiger partial charge in [0.2, 0.25) is 5.91 Å². The van der Waals surface area contributed by atoms with Gasteiger partial charge in [0.25, 0.3) is 5.91 Å². The number of carbonyl (C=O) groups is 2. The zero-order chi connectivity index (χ0) is 15.9. The van der Waals surface area contributed by atoms with Gasteiger partial charge in [-0.3, -0.25) is 9.59 Å². The smallest absolute Gasteiger partial charge is 0.255 e. The van der Waals surface area contributed by atoms with Gasteiger partial charge in [-0.2, -0.15) is 0 Å². The molecule has 0 aromatic heterocycles. The van der Waals surface area contributed by atoms with Crippen molar-refractivity contribution in [3.8, 4) is 12.3 Å². The van der Waals surface area contributed by atoms with Gasteiger partial charge in [-0.15, -0.1) is 18.0 Å². The molecule has 0 spiro atoms. The largest absolute Gasteiger partial charge is 0.325 e. The molecule has 0 saturated carbocycles. The van der Waals surface area contributed by atoms with Crippen LogP contribution in [0, 0.1) is 12.3 Å². The highest BCUT2D eigenvalue weighted by Crippen LogP contribution is 2.14. The Morgan fingerprint density at radius 1 is 1.05 bits per heavy atom. The first-order chi connectivity index (χ1) is 10.6. The lowest BCUT2D eigenvalue weighted by Crippen LogP contribution is -2.15. The first-order valence-electron chi connectivity index (χ1n) is 6.46. The van der Waals surface area contributed by atoms with E-state index in [0.29, 0.717) is 22.5 Å². The molecule has 22 heavy (non-hydrogen) atoms. The van der Waals surface area contributed by atoms with Crippen LogP contribution in [0.5, 0.6) is 0 Å². The summed E-state index contributed by atoms with van der Waals surface area (Å²) in [5, 5.41) is 5.35. The Balaban J connectivity index is 2.14. The van der Waals surface area contributed by atoms with Crippen LogP contribution in [0.25, 0.3) is 0 Å². The molecule has 2 rings (SSSR count). The number of hydrogen-bond acceptors (Lipinski definition) is 2. The summed E-state index contributed by atoms with van der Waals surface area (Å²) in [6, 6.07) is 13.6. The van der Waals surface area contributed by atoms with E-state index in [0.717, 1.165) is 0 Å². The van der Waals surface area contributed by atoms with Crippen LogP contribution in [0.3, 0.4) is 0 Å². The van der Waals surface area contributed by atoms with E-state index < -0.39 is 0 Å². The average Bonchev–Trinajstić information content (AvgIpc) is 2.55. The minimum Gasteiger partial charge on any atom is -0.325 e. The number of terminal acetylenes is 1. The highest BCUT2D eigenvalue weighted by molar-refractivity contribution is 6.29. The van der Waals surface area contributed by atoms with Crippen LogP contribution >= 0.6 is 11.6 Å². The van der Waals surface area contributed by atoms with Crippen LogP contribution in [0.1, 0.15) is 15.9 Å². The minimum atomic E-state index is -0.332. The summed E-state index contributed by atoms with van der Waals surface area (Å²) in [7, 11) is 0. The van der Waals surface area contributed by atoms with Crippen LogP contribution in [0.15, 0.2) is 48.5 Å². The number of amides is 2. The van der Waals surface area contributed by atoms with E-state index in [1.807, 2.05) is 0 Å². The third kappa shape index (κ3) is 4.11. The molecule has 0 unspecified atom stereocenters. The summed E-state index contributed by atoms with van der Waals surface area (Å²) >= 11 is 5.43. The maximum Gasteiger partial charge on any atom is 0.255 e. The SMILES string of the molecule is C#Cc1cccc(NC(=O)c2cccc(NC(=O)CCl)c2)c1. The molecule has 0 heterocycles. The highest BCUT2D eigenvalue weighted by Gasteiger charge is 2.08. The molecule has 0 aliphatic carbocycles. The third-order valence-electron chi connectivity index (χ3n) is 2.82. The molecule has 2 amide bonds. The van der Waals surface area contributed by atoms with Crippen LogP contribution in [-0.4, -0.2) is 17.7 Å². The van der Waals surface area contributed by atoms with Crippen molar-refractivity contribution in [1.29, 1.82) is 0 Å². The third-order valence-corrected chi connectivity index (χ3v) is 3.06. The molecular weight excluding hydrogens is 300 g/mol. The van der Waals surface area contributed by atoms with Gasteiger partial charge in [0.1, 0.15) is 5.88 Å². The normalized spacial score (nSPS) is 9.64. The van der Waals surface area contributed by atoms with Crippen LogP contribution in [0.2, 0.25) is 0 Å². The van der Waals surface area contributed by atoms with Gasteiger partial charge in [0.15, 0.2) is 0 Å². The van der Waals surface area contributed by atoms with E-state index in [9.17, 15) is 9.59 Å². The second-order valence-corrected chi connectivity index (χ2v) is 4.71. The van der Waals surface area contributed by atoms with Crippen molar-refractivity contribution >= 4 is 34.8 Å². The summed E-state index contributed by atoms with van der Waals surface area (Å²) in [6.07, 6.45) is 5.33. The first-order valence-corrected chi connectivity index (χ1v) is 6.99. The van der Waals surface area contributed by atoms with Crippen molar-refractivity contribution in [3.05, 3.63) is 59.7 Å². The Morgan fingerprint density at radius 2 is 1.73 bits per heavy atom. The lowest BCUT2D eigenvalue weighted by Gasteiger charge is -2.08. The molecule has 0 bridgehead atoms. The van der Waals surface area contributed by atoms with E-state index in [4.69, 9.17) is 18.0 Å². The van der Waals surface area contributed by atoms with Gasteiger partial charge in [0, 0.05) is 22.5 Å². The summed E-state index contributed by atoms with van der Waals surface area (Å²) in [5.74, 6) is 1.73. The summed E-state index contributed by atoms with van der Waals surface area (Å²) in [6.45, 7) is 0. The van der Waals surface area contributed by atoms with Crippen molar-refractivity contribution in [2.45, 2.75) is 0 Å². The lowest BCUT2D eigenvalue weighted by molar-refractivity contribution is -0.113. The second kappa shape index (κ2) is 7.30. The molecule has 4 nitrogen and oxygen atoms in total. The summed E-state index contributed by atoms with van der Waals surface area (Å²) in [5.41, 5.74) is 2.21. The number of halogens is 1. The zero-order valence-corrected chi connectivity index (χ0v) is 12.4. The topological polar surface area (TPSA) is 58.2 Å². The predicted molar refractivity (Wildman–Crippen MR) is 88.1 cm³/mol. The van der Waals surface area contributed by atoms with Crippen LogP contribution < -0.4 is 10.6 Å². The maximum absolute atomic E-state index is 12.2. The summed E-state index contributed by atoms with van der Waals surface area (Å²) < 4.78 is 0. The fourth-order valence-corrected chi connectivity index (χ4v) is 1.89. The van der Waals surface area contributed by atoms with Gasteiger partial charge in [0.05, 0.1) is 0 Å². The van der Waals surface area contributed by atoms with Crippen LogP contribution in [-0.2, 0) is 4.79 Å². The maximum atomic E-state index is 12.2. The predicted octanol–water partition coefficient (Wildman–Crippen LogP) is 3.10. The molecule has 110 valence electrons. The van der Waals surface area contributed by atoms with Gasteiger partial charge in [-0.05, 0) is 36.4 Å². The minimum absolute atomic E-state index is 0.144. The molecule has 0 radical (unpaired) electrons. The quantitative estimate of drug-likeness (QED) is 0.673. The number of benzene rings is 2. The number of nitrogens with one attached hydrogen (secondary N) is 2. The summed E-state index contributed by atoms with van der Waals surface area (Å²) in [4.78, 5) is 23.5. The molecule has 5 heteroatoms. The number of anilines is 2. The van der Waals surface area contributed by atoms with Gasteiger partial charge < -0.3 is 10.6 Å². The highest BCUT2D eigenvalue weighted by atomic mass is 35.5. The molecule has 2 N–H and O–H groups in total. The molecule has 0 atom stereocenters. The van der Waals surface area contributed by atoms with Crippen molar-refractivity contribution < 1.29 is 9.59 Å². The fraction of sp³-hybridized carbons (Fsp3) is 0.0588. The lowest BCUT2D eigenvalue weighted by atomic mass is 10.1. The first kappa shape index (κ1) is 15.6. The van der Waals surface area contributed by atoms with Gasteiger partial charge >= 0.3 is 0 Å². The second-order valence-electron chi connectivity index (χ2n) is 4.44. The van der Waals surface area contributed by atoms with E-state index in [1.165, 1.54) is 0 Å². The standard InChI is InChI=1S/C17H13ClN2O2/c1-2-12-5-3-7-14(9-12)20-17(22)13-6-4-8-15(10-13)19-16(21)11-18/h1,3-10H,11H2,(H,19,21)(H,20,22). The Kier molecular flexibility index (Phi) is 5.18. The molecule has 0 fully saturated rings. The average molecular weight is 313 g/mol. The van der Waals surface area contributed by atoms with E-state index in [-0.39, 0.29) is 17.7 Å². The van der Waals surface area contributed by atoms with Crippen molar-refractivity contribution in [1.82, 2.24) is 0 Å². The van der Waals surface area contributed by atoms with Crippen LogP contribution in [0.4, 0.5) is 11.4 Å². The van der Waals surface area contributed by atoms with Crippen molar-refractivity contribution in [2.75, 3.05) is 16.5 Å². The molecule has 2 aromatic rings. The molecular formula is C17H13ClN2O2.